The van der Waals surface area contributed by atoms with Crippen LogP contribution in [0.2, 0.25) is 0 Å². The van der Waals surface area contributed by atoms with Gasteiger partial charge in [0, 0.05) is 11.6 Å². The lowest BCUT2D eigenvalue weighted by molar-refractivity contribution is 0.397. The first-order valence-corrected chi connectivity index (χ1v) is 7.58. The largest absolute Gasteiger partial charge is 0.302 e. The number of hydrogen-bond donors (Lipinski definition) is 1. The maximum absolute atomic E-state index is 13.4. The van der Waals surface area contributed by atoms with Crippen molar-refractivity contribution in [2.75, 3.05) is 6.54 Å². The van der Waals surface area contributed by atoms with Crippen molar-refractivity contribution in [1.82, 2.24) is 10.3 Å². The van der Waals surface area contributed by atoms with Crippen molar-refractivity contribution < 1.29 is 4.39 Å². The van der Waals surface area contributed by atoms with Gasteiger partial charge in [0.2, 0.25) is 0 Å². The molecule has 1 aromatic carbocycles. The van der Waals surface area contributed by atoms with Crippen molar-refractivity contribution in [2.24, 2.45) is 0 Å². The van der Waals surface area contributed by atoms with Crippen molar-refractivity contribution in [2.45, 2.75) is 31.7 Å². The molecule has 0 fully saturated rings. The molecule has 2 aromatic rings. The third-order valence-corrected chi connectivity index (χ3v) is 4.71. The van der Waals surface area contributed by atoms with Crippen LogP contribution in [-0.2, 0) is 12.0 Å². The van der Waals surface area contributed by atoms with Crippen LogP contribution in [0.1, 0.15) is 35.9 Å². The second kappa shape index (κ2) is 5.02. The highest BCUT2D eigenvalue weighted by Gasteiger charge is 2.41. The van der Waals surface area contributed by atoms with E-state index in [1.54, 1.807) is 23.5 Å². The molecule has 0 saturated heterocycles. The first kappa shape index (κ1) is 12.8. The molecule has 1 aliphatic rings. The van der Waals surface area contributed by atoms with E-state index in [0.717, 1.165) is 36.4 Å². The Morgan fingerprint density at radius 1 is 1.47 bits per heavy atom. The van der Waals surface area contributed by atoms with Crippen LogP contribution >= 0.6 is 11.3 Å². The van der Waals surface area contributed by atoms with Gasteiger partial charge in [0.15, 0.2) is 0 Å². The molecular formula is C15H17FN2S. The highest BCUT2D eigenvalue weighted by molar-refractivity contribution is 7.09. The molecular weight excluding hydrogens is 259 g/mol. The van der Waals surface area contributed by atoms with Gasteiger partial charge in [-0.05, 0) is 49.1 Å². The lowest BCUT2D eigenvalue weighted by Crippen LogP contribution is -2.42. The molecule has 0 bridgehead atoms. The van der Waals surface area contributed by atoms with Gasteiger partial charge in [-0.25, -0.2) is 9.37 Å². The molecule has 4 heteroatoms. The van der Waals surface area contributed by atoms with Crippen LogP contribution in [0, 0.1) is 5.82 Å². The summed E-state index contributed by atoms with van der Waals surface area (Å²) in [6.45, 7) is 3.10. The van der Waals surface area contributed by atoms with Crippen LogP contribution in [-0.4, -0.2) is 11.5 Å². The summed E-state index contributed by atoms with van der Waals surface area (Å²) in [5, 5.41) is 6.74. The second-order valence-electron chi connectivity index (χ2n) is 4.97. The molecule has 0 spiro atoms. The topological polar surface area (TPSA) is 24.9 Å². The minimum Gasteiger partial charge on any atom is -0.302 e. The van der Waals surface area contributed by atoms with Gasteiger partial charge in [0.05, 0.1) is 5.54 Å². The number of rotatable bonds is 4. The fourth-order valence-corrected chi connectivity index (χ4v) is 3.75. The lowest BCUT2D eigenvalue weighted by atomic mass is 9.92. The molecule has 1 unspecified atom stereocenters. The van der Waals surface area contributed by atoms with E-state index in [9.17, 15) is 4.39 Å². The summed E-state index contributed by atoms with van der Waals surface area (Å²) in [5.41, 5.74) is 2.09. The minimum atomic E-state index is -0.215. The number of halogens is 1. The van der Waals surface area contributed by atoms with Crippen LogP contribution in [0.5, 0.6) is 0 Å². The average molecular weight is 276 g/mol. The molecule has 1 N–H and O–H groups in total. The fourth-order valence-electron chi connectivity index (χ4n) is 2.90. The monoisotopic (exact) mass is 276 g/mol. The second-order valence-corrected chi connectivity index (χ2v) is 5.87. The van der Waals surface area contributed by atoms with Gasteiger partial charge < -0.3 is 5.32 Å². The van der Waals surface area contributed by atoms with Crippen LogP contribution in [0.4, 0.5) is 4.39 Å². The molecule has 1 aliphatic carbocycles. The van der Waals surface area contributed by atoms with Crippen molar-refractivity contribution in [3.05, 3.63) is 51.7 Å². The van der Waals surface area contributed by atoms with E-state index >= 15 is 0 Å². The maximum Gasteiger partial charge on any atom is 0.123 e. The average Bonchev–Trinajstić information content (AvgIpc) is 3.04. The van der Waals surface area contributed by atoms with Gasteiger partial charge in [-0.2, -0.15) is 0 Å². The Bertz CT molecular complexity index is 568. The number of aryl methyl sites for hydroxylation is 1. The number of nitrogens with zero attached hydrogens (tertiary/aromatic N) is 1. The molecule has 0 aliphatic heterocycles. The Morgan fingerprint density at radius 3 is 3.11 bits per heavy atom. The van der Waals surface area contributed by atoms with Crippen molar-refractivity contribution in [3.63, 3.8) is 0 Å². The summed E-state index contributed by atoms with van der Waals surface area (Å²) in [6.07, 6.45) is 4.78. The van der Waals surface area contributed by atoms with E-state index in [1.807, 2.05) is 17.6 Å². The number of benzene rings is 1. The molecule has 3 rings (SSSR count). The van der Waals surface area contributed by atoms with E-state index in [-0.39, 0.29) is 11.4 Å². The summed E-state index contributed by atoms with van der Waals surface area (Å²) in [6, 6.07) is 5.14. The van der Waals surface area contributed by atoms with Gasteiger partial charge in [0.1, 0.15) is 10.8 Å². The van der Waals surface area contributed by atoms with Gasteiger partial charge in [-0.1, -0.05) is 13.0 Å². The fraction of sp³-hybridized carbons (Fsp3) is 0.400. The zero-order valence-electron chi connectivity index (χ0n) is 10.9. The first-order valence-electron chi connectivity index (χ1n) is 6.70. The quantitative estimate of drug-likeness (QED) is 0.925. The smallest absolute Gasteiger partial charge is 0.123 e. The van der Waals surface area contributed by atoms with Gasteiger partial charge in [0.25, 0.3) is 0 Å². The molecule has 0 radical (unpaired) electrons. The molecule has 0 amide bonds. The summed E-state index contributed by atoms with van der Waals surface area (Å²) in [5.74, 6) is -0.149. The predicted octanol–water partition coefficient (Wildman–Crippen LogP) is 3.47. The van der Waals surface area contributed by atoms with Crippen molar-refractivity contribution in [3.8, 4) is 0 Å². The summed E-state index contributed by atoms with van der Waals surface area (Å²) < 4.78 is 13.4. The predicted molar refractivity (Wildman–Crippen MR) is 75.9 cm³/mol. The number of hydrogen-bond acceptors (Lipinski definition) is 3. The molecule has 2 nitrogen and oxygen atoms in total. The summed E-state index contributed by atoms with van der Waals surface area (Å²) in [7, 11) is 0. The van der Waals surface area contributed by atoms with E-state index in [1.165, 1.54) is 5.56 Å². The zero-order chi connectivity index (χ0) is 13.3. The van der Waals surface area contributed by atoms with Crippen LogP contribution in [0.15, 0.2) is 29.8 Å². The lowest BCUT2D eigenvalue weighted by Gasteiger charge is -2.30. The van der Waals surface area contributed by atoms with Crippen LogP contribution in [0.25, 0.3) is 0 Å². The minimum absolute atomic E-state index is 0.149. The number of aromatic nitrogens is 1. The Kier molecular flexibility index (Phi) is 3.37. The van der Waals surface area contributed by atoms with Crippen molar-refractivity contribution in [1.29, 1.82) is 0 Å². The van der Waals surface area contributed by atoms with Crippen molar-refractivity contribution >= 4 is 11.3 Å². The van der Waals surface area contributed by atoms with Crippen LogP contribution in [0.3, 0.4) is 0 Å². The third-order valence-electron chi connectivity index (χ3n) is 3.77. The van der Waals surface area contributed by atoms with Gasteiger partial charge in [-0.3, -0.25) is 0 Å². The standard InChI is InChI=1S/C15H17FN2S/c1-2-7-18-15(14-17-8-9-19-14)6-5-11-10-12(16)3-4-13(11)15/h3-4,8-10,18H,2,5-7H2,1H3. The Balaban J connectivity index is 2.08. The zero-order valence-corrected chi connectivity index (χ0v) is 11.8. The SMILES string of the molecule is CCCNC1(c2nccs2)CCc2cc(F)ccc21. The maximum atomic E-state index is 13.4. The summed E-state index contributed by atoms with van der Waals surface area (Å²) >= 11 is 1.67. The Labute approximate surface area is 116 Å². The highest BCUT2D eigenvalue weighted by atomic mass is 32.1. The molecule has 100 valence electrons. The van der Waals surface area contributed by atoms with Gasteiger partial charge in [-0.15, -0.1) is 11.3 Å². The molecule has 19 heavy (non-hydrogen) atoms. The molecule has 1 heterocycles. The Hall–Kier alpha value is -1.26. The number of fused-ring (bicyclic) bond motifs is 1. The third kappa shape index (κ3) is 2.09. The van der Waals surface area contributed by atoms with E-state index in [0.29, 0.717) is 0 Å². The number of thiazole rings is 1. The van der Waals surface area contributed by atoms with E-state index in [4.69, 9.17) is 0 Å². The van der Waals surface area contributed by atoms with E-state index < -0.39 is 0 Å². The number of nitrogens with one attached hydrogen (secondary N) is 1. The van der Waals surface area contributed by atoms with Gasteiger partial charge >= 0.3 is 0 Å². The Morgan fingerprint density at radius 2 is 2.37 bits per heavy atom. The molecule has 1 aromatic heterocycles. The summed E-state index contributed by atoms with van der Waals surface area (Å²) in [4.78, 5) is 4.51. The highest BCUT2D eigenvalue weighted by Crippen LogP contribution is 2.42. The first-order chi connectivity index (χ1) is 9.26. The normalized spacial score (nSPS) is 21.6. The molecule has 0 saturated carbocycles. The van der Waals surface area contributed by atoms with Crippen LogP contribution < -0.4 is 5.32 Å². The van der Waals surface area contributed by atoms with E-state index in [2.05, 4.69) is 17.2 Å². The molecule has 1 atom stereocenters.